The molecule has 0 aliphatic heterocycles. The summed E-state index contributed by atoms with van der Waals surface area (Å²) in [5, 5.41) is 2.71. The third kappa shape index (κ3) is 2.08. The third-order valence-corrected chi connectivity index (χ3v) is 2.48. The lowest BCUT2D eigenvalue weighted by molar-refractivity contribution is 0.0946. The maximum atomic E-state index is 13.5. The molecule has 0 bridgehead atoms. The van der Waals surface area contributed by atoms with Gasteiger partial charge < -0.3 is 15.8 Å². The summed E-state index contributed by atoms with van der Waals surface area (Å²) in [6.07, 6.45) is 1.92. The fourth-order valence-electron chi connectivity index (χ4n) is 1.41. The second-order valence-corrected chi connectivity index (χ2v) is 3.82. The first-order chi connectivity index (χ1) is 7.61. The summed E-state index contributed by atoms with van der Waals surface area (Å²) >= 11 is 0. The highest BCUT2D eigenvalue weighted by Gasteiger charge is 2.25. The molecule has 16 heavy (non-hydrogen) atoms. The first-order valence-corrected chi connectivity index (χ1v) is 5.05. The van der Waals surface area contributed by atoms with Crippen LogP contribution in [0.3, 0.4) is 0 Å². The van der Waals surface area contributed by atoms with Crippen molar-refractivity contribution >= 4 is 11.6 Å². The predicted molar refractivity (Wildman–Crippen MR) is 57.9 cm³/mol. The van der Waals surface area contributed by atoms with E-state index in [0.29, 0.717) is 5.75 Å². The molecule has 0 spiro atoms. The molecule has 5 heteroatoms. The van der Waals surface area contributed by atoms with E-state index >= 15 is 0 Å². The molecule has 4 nitrogen and oxygen atoms in total. The molecule has 86 valence electrons. The van der Waals surface area contributed by atoms with Crippen LogP contribution < -0.4 is 15.8 Å². The number of amides is 1. The first-order valence-electron chi connectivity index (χ1n) is 5.05. The fraction of sp³-hybridized carbons (Fsp3) is 0.364. The van der Waals surface area contributed by atoms with E-state index in [2.05, 4.69) is 5.32 Å². The SMILES string of the molecule is COc1cc(C(=O)NC2CC2)c(F)cc1N. The minimum Gasteiger partial charge on any atom is -0.495 e. The van der Waals surface area contributed by atoms with Crippen molar-refractivity contribution in [1.82, 2.24) is 5.32 Å². The van der Waals surface area contributed by atoms with Crippen molar-refractivity contribution < 1.29 is 13.9 Å². The van der Waals surface area contributed by atoms with Gasteiger partial charge in [-0.3, -0.25) is 4.79 Å². The van der Waals surface area contributed by atoms with Gasteiger partial charge in [-0.15, -0.1) is 0 Å². The molecule has 1 fully saturated rings. The van der Waals surface area contributed by atoms with Crippen LogP contribution in [0, 0.1) is 5.82 Å². The molecule has 0 heterocycles. The minimum atomic E-state index is -0.628. The van der Waals surface area contributed by atoms with Crippen LogP contribution in [0.1, 0.15) is 23.2 Å². The van der Waals surface area contributed by atoms with Crippen molar-refractivity contribution in [1.29, 1.82) is 0 Å². The fourth-order valence-corrected chi connectivity index (χ4v) is 1.41. The molecule has 0 unspecified atom stereocenters. The smallest absolute Gasteiger partial charge is 0.254 e. The molecule has 2 rings (SSSR count). The standard InChI is InChI=1S/C11H13FN2O2/c1-16-10-4-7(8(12)5-9(10)13)11(15)14-6-2-3-6/h4-6H,2-3,13H2,1H3,(H,14,15). The number of rotatable bonds is 3. The van der Waals surface area contributed by atoms with Gasteiger partial charge in [0, 0.05) is 12.1 Å². The number of ether oxygens (including phenoxy) is 1. The summed E-state index contributed by atoms with van der Waals surface area (Å²) in [7, 11) is 1.42. The van der Waals surface area contributed by atoms with Gasteiger partial charge in [0.2, 0.25) is 0 Å². The molecule has 0 saturated heterocycles. The lowest BCUT2D eigenvalue weighted by atomic mass is 10.1. The highest BCUT2D eigenvalue weighted by Crippen LogP contribution is 2.26. The zero-order valence-electron chi connectivity index (χ0n) is 8.92. The number of halogens is 1. The quantitative estimate of drug-likeness (QED) is 0.761. The monoisotopic (exact) mass is 224 g/mol. The number of hydrogen-bond donors (Lipinski definition) is 2. The van der Waals surface area contributed by atoms with Gasteiger partial charge >= 0.3 is 0 Å². The molecule has 0 aromatic heterocycles. The third-order valence-electron chi connectivity index (χ3n) is 2.48. The first kappa shape index (κ1) is 10.7. The summed E-state index contributed by atoms with van der Waals surface area (Å²) in [5.74, 6) is -0.739. The number of methoxy groups -OCH3 is 1. The molecular formula is C11H13FN2O2. The van der Waals surface area contributed by atoms with Crippen LogP contribution in [0.2, 0.25) is 0 Å². The highest BCUT2D eigenvalue weighted by molar-refractivity contribution is 5.95. The van der Waals surface area contributed by atoms with E-state index in [0.717, 1.165) is 18.9 Å². The molecule has 1 aromatic rings. The molecule has 1 amide bonds. The Hall–Kier alpha value is -1.78. The van der Waals surface area contributed by atoms with Crippen molar-refractivity contribution in [3.05, 3.63) is 23.5 Å². The van der Waals surface area contributed by atoms with Gasteiger partial charge in [0.15, 0.2) is 0 Å². The van der Waals surface area contributed by atoms with Crippen LogP contribution in [0.4, 0.5) is 10.1 Å². The number of nitrogens with two attached hydrogens (primary N) is 1. The van der Waals surface area contributed by atoms with Gasteiger partial charge in [-0.1, -0.05) is 0 Å². The summed E-state index contributed by atoms with van der Waals surface area (Å²) < 4.78 is 18.4. The number of nitrogens with one attached hydrogen (secondary N) is 1. The van der Waals surface area contributed by atoms with Crippen LogP contribution in [0.25, 0.3) is 0 Å². The van der Waals surface area contributed by atoms with E-state index in [4.69, 9.17) is 10.5 Å². The Morgan fingerprint density at radius 3 is 2.81 bits per heavy atom. The van der Waals surface area contributed by atoms with Crippen molar-refractivity contribution in [3.8, 4) is 5.75 Å². The Labute approximate surface area is 92.6 Å². The zero-order valence-corrected chi connectivity index (χ0v) is 8.92. The van der Waals surface area contributed by atoms with Crippen molar-refractivity contribution in [2.75, 3.05) is 12.8 Å². The largest absolute Gasteiger partial charge is 0.495 e. The maximum Gasteiger partial charge on any atom is 0.254 e. The van der Waals surface area contributed by atoms with Crippen LogP contribution >= 0.6 is 0 Å². The Kier molecular flexibility index (Phi) is 2.68. The molecule has 1 saturated carbocycles. The summed E-state index contributed by atoms with van der Waals surface area (Å²) in [4.78, 5) is 11.6. The average molecular weight is 224 g/mol. The molecule has 1 aromatic carbocycles. The molecular weight excluding hydrogens is 211 g/mol. The molecule has 1 aliphatic rings. The van der Waals surface area contributed by atoms with Gasteiger partial charge in [0.25, 0.3) is 5.91 Å². The van der Waals surface area contributed by atoms with Gasteiger partial charge in [-0.05, 0) is 18.9 Å². The van der Waals surface area contributed by atoms with Gasteiger partial charge in [0.1, 0.15) is 11.6 Å². The van der Waals surface area contributed by atoms with E-state index in [9.17, 15) is 9.18 Å². The Morgan fingerprint density at radius 1 is 1.56 bits per heavy atom. The van der Waals surface area contributed by atoms with Gasteiger partial charge in [0.05, 0.1) is 18.4 Å². The number of benzene rings is 1. The topological polar surface area (TPSA) is 64.3 Å². The second-order valence-electron chi connectivity index (χ2n) is 3.82. The average Bonchev–Trinajstić information content (AvgIpc) is 3.01. The van der Waals surface area contributed by atoms with Crippen molar-refractivity contribution in [3.63, 3.8) is 0 Å². The van der Waals surface area contributed by atoms with Crippen LogP contribution in [0.15, 0.2) is 12.1 Å². The van der Waals surface area contributed by atoms with E-state index in [1.54, 1.807) is 0 Å². The molecule has 0 radical (unpaired) electrons. The number of nitrogen functional groups attached to an aromatic ring is 1. The van der Waals surface area contributed by atoms with E-state index in [-0.39, 0.29) is 17.3 Å². The Balaban J connectivity index is 2.27. The number of hydrogen-bond acceptors (Lipinski definition) is 3. The van der Waals surface area contributed by atoms with E-state index in [1.165, 1.54) is 13.2 Å². The molecule has 1 aliphatic carbocycles. The Morgan fingerprint density at radius 2 is 2.25 bits per heavy atom. The van der Waals surface area contributed by atoms with Crippen LogP contribution in [-0.4, -0.2) is 19.1 Å². The molecule has 3 N–H and O–H groups in total. The summed E-state index contributed by atoms with van der Waals surface area (Å²) in [6.45, 7) is 0. The lowest BCUT2D eigenvalue weighted by Crippen LogP contribution is -2.26. The van der Waals surface area contributed by atoms with Crippen molar-refractivity contribution in [2.45, 2.75) is 18.9 Å². The maximum absolute atomic E-state index is 13.5. The summed E-state index contributed by atoms with van der Waals surface area (Å²) in [5.41, 5.74) is 5.67. The number of carbonyl (C=O) groups is 1. The predicted octanol–water partition coefficient (Wildman–Crippen LogP) is 1.31. The summed E-state index contributed by atoms with van der Waals surface area (Å²) in [6, 6.07) is 2.61. The number of carbonyl (C=O) groups excluding carboxylic acids is 1. The van der Waals surface area contributed by atoms with E-state index < -0.39 is 11.7 Å². The van der Waals surface area contributed by atoms with Crippen LogP contribution in [0.5, 0.6) is 5.75 Å². The van der Waals surface area contributed by atoms with E-state index in [1.807, 2.05) is 0 Å². The van der Waals surface area contributed by atoms with Gasteiger partial charge in [-0.25, -0.2) is 4.39 Å². The second kappa shape index (κ2) is 4.00. The highest BCUT2D eigenvalue weighted by atomic mass is 19.1. The minimum absolute atomic E-state index is 0.0297. The van der Waals surface area contributed by atoms with Crippen LogP contribution in [-0.2, 0) is 0 Å². The van der Waals surface area contributed by atoms with Crippen molar-refractivity contribution in [2.24, 2.45) is 0 Å². The number of anilines is 1. The van der Waals surface area contributed by atoms with Gasteiger partial charge in [-0.2, -0.15) is 0 Å². The lowest BCUT2D eigenvalue weighted by Gasteiger charge is -2.09. The Bertz CT molecular complexity index is 430. The normalized spacial score (nSPS) is 14.6. The molecule has 0 atom stereocenters. The zero-order chi connectivity index (χ0) is 11.7.